The van der Waals surface area contributed by atoms with E-state index in [1.807, 2.05) is 0 Å². The van der Waals surface area contributed by atoms with Crippen LogP contribution < -0.4 is 15.4 Å². The molecule has 0 aliphatic carbocycles. The van der Waals surface area contributed by atoms with Crippen LogP contribution in [0, 0.1) is 5.92 Å². The van der Waals surface area contributed by atoms with Gasteiger partial charge in [0.15, 0.2) is 5.75 Å². The van der Waals surface area contributed by atoms with Gasteiger partial charge in [0.2, 0.25) is 0 Å². The van der Waals surface area contributed by atoms with Gasteiger partial charge in [0, 0.05) is 24.8 Å². The van der Waals surface area contributed by atoms with Crippen LogP contribution in [0.5, 0.6) is 5.75 Å². The number of hydrogen-bond acceptors (Lipinski definition) is 3. The standard InChI is InChI=1S/C13H15F5N2O/c14-12(15)21-11-6-9(3-4-10(11)19)20-5-1-2-8(7-20)13(16,17)18/h3-4,6,8,12H,1-2,5,7,19H2. The number of nitrogens with two attached hydrogens (primary N) is 1. The SMILES string of the molecule is Nc1ccc(N2CCCC(C(F)(F)F)C2)cc1OC(F)F. The zero-order valence-corrected chi connectivity index (χ0v) is 11.0. The van der Waals surface area contributed by atoms with Crippen LogP contribution in [0.2, 0.25) is 0 Å². The average molecular weight is 310 g/mol. The molecule has 1 atom stereocenters. The molecule has 3 nitrogen and oxygen atoms in total. The fourth-order valence-corrected chi connectivity index (χ4v) is 2.40. The van der Waals surface area contributed by atoms with Gasteiger partial charge in [-0.05, 0) is 25.0 Å². The molecular formula is C13H15F5N2O. The second-order valence-electron chi connectivity index (χ2n) is 4.93. The van der Waals surface area contributed by atoms with E-state index in [9.17, 15) is 22.0 Å². The molecule has 1 heterocycles. The second kappa shape index (κ2) is 5.95. The van der Waals surface area contributed by atoms with Gasteiger partial charge in [-0.2, -0.15) is 22.0 Å². The van der Waals surface area contributed by atoms with Gasteiger partial charge in [-0.25, -0.2) is 0 Å². The number of anilines is 2. The first-order valence-electron chi connectivity index (χ1n) is 6.43. The number of hydrogen-bond donors (Lipinski definition) is 1. The Bertz CT molecular complexity index is 492. The van der Waals surface area contributed by atoms with Crippen LogP contribution in [0.3, 0.4) is 0 Å². The Morgan fingerprint density at radius 1 is 1.29 bits per heavy atom. The molecule has 118 valence electrons. The molecule has 1 aromatic rings. The molecule has 2 rings (SSSR count). The first-order chi connectivity index (χ1) is 9.77. The summed E-state index contributed by atoms with van der Waals surface area (Å²) in [6, 6.07) is 4.11. The van der Waals surface area contributed by atoms with Crippen LogP contribution in [0.15, 0.2) is 18.2 Å². The van der Waals surface area contributed by atoms with E-state index in [1.165, 1.54) is 23.1 Å². The monoisotopic (exact) mass is 310 g/mol. The highest BCUT2D eigenvalue weighted by Gasteiger charge is 2.41. The predicted molar refractivity (Wildman–Crippen MR) is 68.5 cm³/mol. The zero-order chi connectivity index (χ0) is 15.6. The maximum absolute atomic E-state index is 12.8. The van der Waals surface area contributed by atoms with Crippen molar-refractivity contribution < 1.29 is 26.7 Å². The highest BCUT2D eigenvalue weighted by Crippen LogP contribution is 2.36. The molecule has 0 saturated carbocycles. The highest BCUT2D eigenvalue weighted by atomic mass is 19.4. The molecule has 0 amide bonds. The molecule has 1 fully saturated rings. The number of nitrogen functional groups attached to an aromatic ring is 1. The summed E-state index contributed by atoms with van der Waals surface area (Å²) in [5.74, 6) is -1.64. The first-order valence-corrected chi connectivity index (χ1v) is 6.43. The molecule has 1 aliphatic heterocycles. The van der Waals surface area contributed by atoms with Crippen molar-refractivity contribution in [1.82, 2.24) is 0 Å². The number of piperidine rings is 1. The predicted octanol–water partition coefficient (Wildman–Crippen LogP) is 3.65. The lowest BCUT2D eigenvalue weighted by Gasteiger charge is -2.35. The van der Waals surface area contributed by atoms with E-state index in [0.717, 1.165) is 0 Å². The average Bonchev–Trinajstić information content (AvgIpc) is 2.40. The topological polar surface area (TPSA) is 38.5 Å². The Kier molecular flexibility index (Phi) is 4.43. The minimum absolute atomic E-state index is 0.0171. The smallest absolute Gasteiger partial charge is 0.393 e. The summed E-state index contributed by atoms with van der Waals surface area (Å²) < 4.78 is 67.1. The van der Waals surface area contributed by atoms with E-state index in [2.05, 4.69) is 4.74 Å². The molecule has 0 bridgehead atoms. The van der Waals surface area contributed by atoms with Gasteiger partial charge < -0.3 is 15.4 Å². The largest absolute Gasteiger partial charge is 0.433 e. The number of nitrogens with zero attached hydrogens (tertiary/aromatic N) is 1. The van der Waals surface area contributed by atoms with Crippen molar-refractivity contribution in [3.8, 4) is 5.75 Å². The Labute approximate surface area is 118 Å². The lowest BCUT2D eigenvalue weighted by Crippen LogP contribution is -2.41. The third kappa shape index (κ3) is 3.89. The quantitative estimate of drug-likeness (QED) is 0.684. The van der Waals surface area contributed by atoms with Crippen molar-refractivity contribution in [1.29, 1.82) is 0 Å². The molecule has 21 heavy (non-hydrogen) atoms. The van der Waals surface area contributed by atoms with Crippen molar-refractivity contribution in [3.05, 3.63) is 18.2 Å². The summed E-state index contributed by atoms with van der Waals surface area (Å²) in [6.45, 7) is -2.79. The van der Waals surface area contributed by atoms with Crippen molar-refractivity contribution in [2.24, 2.45) is 5.92 Å². The van der Waals surface area contributed by atoms with Gasteiger partial charge >= 0.3 is 12.8 Å². The number of alkyl halides is 5. The number of halogens is 5. The van der Waals surface area contributed by atoms with Crippen molar-refractivity contribution in [2.75, 3.05) is 23.7 Å². The van der Waals surface area contributed by atoms with E-state index in [1.54, 1.807) is 0 Å². The summed E-state index contributed by atoms with van der Waals surface area (Å²) in [7, 11) is 0. The number of ether oxygens (including phenoxy) is 1. The minimum atomic E-state index is -4.26. The van der Waals surface area contributed by atoms with Gasteiger partial charge in [-0.3, -0.25) is 0 Å². The van der Waals surface area contributed by atoms with Crippen LogP contribution in [-0.4, -0.2) is 25.9 Å². The van der Waals surface area contributed by atoms with E-state index >= 15 is 0 Å². The first kappa shape index (κ1) is 15.7. The summed E-state index contributed by atoms with van der Waals surface area (Å²) in [5, 5.41) is 0. The fourth-order valence-electron chi connectivity index (χ4n) is 2.40. The van der Waals surface area contributed by atoms with Crippen LogP contribution in [0.4, 0.5) is 33.3 Å². The van der Waals surface area contributed by atoms with Crippen LogP contribution >= 0.6 is 0 Å². The second-order valence-corrected chi connectivity index (χ2v) is 4.93. The number of rotatable bonds is 3. The molecular weight excluding hydrogens is 295 g/mol. The molecule has 1 aliphatic rings. The fraction of sp³-hybridized carbons (Fsp3) is 0.538. The van der Waals surface area contributed by atoms with Crippen molar-refractivity contribution in [2.45, 2.75) is 25.6 Å². The molecule has 1 saturated heterocycles. The Balaban J connectivity index is 2.17. The lowest BCUT2D eigenvalue weighted by molar-refractivity contribution is -0.175. The van der Waals surface area contributed by atoms with Gasteiger partial charge in [0.05, 0.1) is 11.6 Å². The summed E-state index contributed by atoms with van der Waals surface area (Å²) >= 11 is 0. The van der Waals surface area contributed by atoms with Crippen molar-refractivity contribution in [3.63, 3.8) is 0 Å². The molecule has 1 unspecified atom stereocenters. The summed E-state index contributed by atoms with van der Waals surface area (Å²) in [6.07, 6.45) is -3.79. The molecule has 0 aromatic heterocycles. The van der Waals surface area contributed by atoms with E-state index in [4.69, 9.17) is 5.73 Å². The maximum Gasteiger partial charge on any atom is 0.393 e. The van der Waals surface area contributed by atoms with Gasteiger partial charge in [0.1, 0.15) is 0 Å². The molecule has 0 radical (unpaired) electrons. The van der Waals surface area contributed by atoms with E-state index in [-0.39, 0.29) is 24.4 Å². The Morgan fingerprint density at radius 2 is 2.00 bits per heavy atom. The maximum atomic E-state index is 12.8. The zero-order valence-electron chi connectivity index (χ0n) is 11.0. The summed E-state index contributed by atoms with van der Waals surface area (Å²) in [4.78, 5) is 1.51. The molecule has 8 heteroatoms. The lowest BCUT2D eigenvalue weighted by atomic mass is 9.97. The minimum Gasteiger partial charge on any atom is -0.433 e. The van der Waals surface area contributed by atoms with Gasteiger partial charge in [0.25, 0.3) is 0 Å². The van der Waals surface area contributed by atoms with Crippen LogP contribution in [0.1, 0.15) is 12.8 Å². The Morgan fingerprint density at radius 3 is 2.62 bits per heavy atom. The van der Waals surface area contributed by atoms with Crippen LogP contribution in [0.25, 0.3) is 0 Å². The third-order valence-electron chi connectivity index (χ3n) is 3.46. The summed E-state index contributed by atoms with van der Waals surface area (Å²) in [5.41, 5.74) is 5.92. The van der Waals surface area contributed by atoms with E-state index in [0.29, 0.717) is 18.7 Å². The van der Waals surface area contributed by atoms with Crippen molar-refractivity contribution >= 4 is 11.4 Å². The molecule has 1 aromatic carbocycles. The Hall–Kier alpha value is -1.73. The van der Waals surface area contributed by atoms with Gasteiger partial charge in [-0.1, -0.05) is 0 Å². The molecule has 2 N–H and O–H groups in total. The van der Waals surface area contributed by atoms with E-state index < -0.39 is 18.7 Å². The third-order valence-corrected chi connectivity index (χ3v) is 3.46. The van der Waals surface area contributed by atoms with Gasteiger partial charge in [-0.15, -0.1) is 0 Å². The number of benzene rings is 1. The molecule has 0 spiro atoms. The van der Waals surface area contributed by atoms with Crippen LogP contribution in [-0.2, 0) is 0 Å². The highest BCUT2D eigenvalue weighted by molar-refractivity contribution is 5.62. The normalized spacial score (nSPS) is 19.9.